The van der Waals surface area contributed by atoms with E-state index in [1.807, 2.05) is 19.1 Å². The summed E-state index contributed by atoms with van der Waals surface area (Å²) in [6.07, 6.45) is 2.34. The van der Waals surface area contributed by atoms with Gasteiger partial charge in [0.1, 0.15) is 5.75 Å². The summed E-state index contributed by atoms with van der Waals surface area (Å²) in [4.78, 5) is 10.9. The molecule has 0 aliphatic heterocycles. The molecule has 0 spiro atoms. The summed E-state index contributed by atoms with van der Waals surface area (Å²) in [5.74, 6) is 0.0869. The number of carboxylic acid groups (broad SMARTS) is 1. The van der Waals surface area contributed by atoms with Crippen molar-refractivity contribution >= 4 is 17.6 Å². The van der Waals surface area contributed by atoms with Crippen molar-refractivity contribution in [1.29, 1.82) is 0 Å². The van der Waals surface area contributed by atoms with Crippen LogP contribution in [0.3, 0.4) is 0 Å². The van der Waals surface area contributed by atoms with E-state index in [4.69, 9.17) is 21.4 Å². The van der Waals surface area contributed by atoms with Crippen LogP contribution in [-0.2, 0) is 4.79 Å². The van der Waals surface area contributed by atoms with Gasteiger partial charge in [0, 0.05) is 5.02 Å². The predicted molar refractivity (Wildman–Crippen MR) is 77.0 cm³/mol. The number of aryl methyl sites for hydroxylation is 1. The normalized spacial score (nSPS) is 11.4. The first-order chi connectivity index (χ1) is 8.83. The van der Waals surface area contributed by atoms with Crippen molar-refractivity contribution < 1.29 is 14.6 Å². The number of aliphatic carboxylic acids is 1. The molecule has 19 heavy (non-hydrogen) atoms. The molecule has 0 aliphatic carbocycles. The highest BCUT2D eigenvalue weighted by molar-refractivity contribution is 6.30. The minimum absolute atomic E-state index is 0.595. The number of hydrogen-bond acceptors (Lipinski definition) is 2. The summed E-state index contributed by atoms with van der Waals surface area (Å²) in [6.45, 7) is 6.05. The minimum Gasteiger partial charge on any atom is -0.493 e. The van der Waals surface area contributed by atoms with E-state index in [0.717, 1.165) is 24.2 Å². The summed E-state index contributed by atoms with van der Waals surface area (Å²) in [5, 5.41) is 9.70. The molecular weight excluding hydrogens is 264 g/mol. The SMILES string of the molecule is Cc1cc(Cl)ccc1OCCCCC(C)(C)C(=O)O. The van der Waals surface area contributed by atoms with Gasteiger partial charge < -0.3 is 9.84 Å². The van der Waals surface area contributed by atoms with E-state index in [0.29, 0.717) is 18.1 Å². The third-order valence-corrected chi connectivity index (χ3v) is 3.40. The van der Waals surface area contributed by atoms with Crippen molar-refractivity contribution in [3.63, 3.8) is 0 Å². The van der Waals surface area contributed by atoms with Gasteiger partial charge in [-0.25, -0.2) is 0 Å². The molecule has 0 atom stereocenters. The molecule has 0 bridgehead atoms. The lowest BCUT2D eigenvalue weighted by atomic mass is 9.87. The van der Waals surface area contributed by atoms with Gasteiger partial charge in [-0.1, -0.05) is 11.6 Å². The first kappa shape index (κ1) is 15.8. The Kier molecular flexibility index (Phi) is 5.67. The molecule has 0 heterocycles. The Balaban J connectivity index is 2.30. The van der Waals surface area contributed by atoms with Crippen LogP contribution in [0.4, 0.5) is 0 Å². The van der Waals surface area contributed by atoms with Crippen LogP contribution in [-0.4, -0.2) is 17.7 Å². The van der Waals surface area contributed by atoms with Crippen LogP contribution < -0.4 is 4.74 Å². The zero-order valence-electron chi connectivity index (χ0n) is 11.7. The number of hydrogen-bond donors (Lipinski definition) is 1. The topological polar surface area (TPSA) is 46.5 Å². The van der Waals surface area contributed by atoms with E-state index in [1.165, 1.54) is 0 Å². The Morgan fingerprint density at radius 1 is 1.37 bits per heavy atom. The van der Waals surface area contributed by atoms with Gasteiger partial charge in [-0.15, -0.1) is 0 Å². The molecule has 0 saturated heterocycles. The lowest BCUT2D eigenvalue weighted by Crippen LogP contribution is -2.23. The molecule has 4 heteroatoms. The van der Waals surface area contributed by atoms with Crippen molar-refractivity contribution in [1.82, 2.24) is 0 Å². The molecule has 3 nitrogen and oxygen atoms in total. The second-order valence-corrected chi connectivity index (χ2v) is 5.84. The number of benzene rings is 1. The number of carboxylic acids is 1. The zero-order chi connectivity index (χ0) is 14.5. The maximum absolute atomic E-state index is 10.9. The lowest BCUT2D eigenvalue weighted by molar-refractivity contribution is -0.147. The number of halogens is 1. The largest absolute Gasteiger partial charge is 0.493 e. The van der Waals surface area contributed by atoms with Crippen LogP contribution in [0.25, 0.3) is 0 Å². The summed E-state index contributed by atoms with van der Waals surface area (Å²) in [5.41, 5.74) is 0.356. The molecule has 1 rings (SSSR count). The van der Waals surface area contributed by atoms with Gasteiger partial charge >= 0.3 is 5.97 Å². The Labute approximate surface area is 119 Å². The molecule has 106 valence electrons. The van der Waals surface area contributed by atoms with Gasteiger partial charge in [-0.3, -0.25) is 4.79 Å². The number of carbonyl (C=O) groups is 1. The quantitative estimate of drug-likeness (QED) is 0.759. The van der Waals surface area contributed by atoms with E-state index < -0.39 is 11.4 Å². The standard InChI is InChI=1S/C15H21ClO3/c1-11-10-12(16)6-7-13(11)19-9-5-4-8-15(2,3)14(17)18/h6-7,10H,4-5,8-9H2,1-3H3,(H,17,18). The molecule has 0 aliphatic rings. The second kappa shape index (κ2) is 6.80. The fourth-order valence-electron chi connectivity index (χ4n) is 1.73. The van der Waals surface area contributed by atoms with Gasteiger partial charge in [-0.2, -0.15) is 0 Å². The number of ether oxygens (including phenoxy) is 1. The Morgan fingerprint density at radius 2 is 2.05 bits per heavy atom. The van der Waals surface area contributed by atoms with E-state index >= 15 is 0 Å². The van der Waals surface area contributed by atoms with Crippen LogP contribution in [0.5, 0.6) is 5.75 Å². The van der Waals surface area contributed by atoms with Gasteiger partial charge in [0.05, 0.1) is 12.0 Å². The fraction of sp³-hybridized carbons (Fsp3) is 0.533. The summed E-state index contributed by atoms with van der Waals surface area (Å²) in [7, 11) is 0. The molecule has 0 radical (unpaired) electrons. The van der Waals surface area contributed by atoms with E-state index in [2.05, 4.69) is 0 Å². The molecule has 1 N–H and O–H groups in total. The molecule has 1 aromatic rings. The van der Waals surface area contributed by atoms with E-state index in [1.54, 1.807) is 19.9 Å². The number of rotatable bonds is 7. The third-order valence-electron chi connectivity index (χ3n) is 3.17. The third kappa shape index (κ3) is 5.11. The summed E-state index contributed by atoms with van der Waals surface area (Å²) in [6, 6.07) is 5.53. The summed E-state index contributed by atoms with van der Waals surface area (Å²) < 4.78 is 5.66. The van der Waals surface area contributed by atoms with E-state index in [9.17, 15) is 4.79 Å². The van der Waals surface area contributed by atoms with Crippen molar-refractivity contribution in [2.24, 2.45) is 5.41 Å². The Bertz CT molecular complexity index is 441. The van der Waals surface area contributed by atoms with Gasteiger partial charge in [-0.05, 0) is 63.8 Å². The van der Waals surface area contributed by atoms with Crippen molar-refractivity contribution in [3.8, 4) is 5.75 Å². The average molecular weight is 285 g/mol. The molecule has 1 aromatic carbocycles. The van der Waals surface area contributed by atoms with Crippen LogP contribution in [0.2, 0.25) is 5.02 Å². The average Bonchev–Trinajstić information content (AvgIpc) is 2.31. The van der Waals surface area contributed by atoms with Crippen molar-refractivity contribution in [2.45, 2.75) is 40.0 Å². The molecule has 0 saturated carbocycles. The monoisotopic (exact) mass is 284 g/mol. The fourth-order valence-corrected chi connectivity index (χ4v) is 1.96. The highest BCUT2D eigenvalue weighted by Crippen LogP contribution is 2.24. The van der Waals surface area contributed by atoms with Gasteiger partial charge in [0.25, 0.3) is 0 Å². The highest BCUT2D eigenvalue weighted by Gasteiger charge is 2.25. The molecule has 0 amide bonds. The smallest absolute Gasteiger partial charge is 0.309 e. The first-order valence-corrected chi connectivity index (χ1v) is 6.83. The van der Waals surface area contributed by atoms with Crippen molar-refractivity contribution in [2.75, 3.05) is 6.61 Å². The maximum atomic E-state index is 10.9. The Morgan fingerprint density at radius 3 is 2.63 bits per heavy atom. The van der Waals surface area contributed by atoms with Crippen LogP contribution in [0.15, 0.2) is 18.2 Å². The predicted octanol–water partition coefficient (Wildman–Crippen LogP) is 4.31. The zero-order valence-corrected chi connectivity index (χ0v) is 12.5. The second-order valence-electron chi connectivity index (χ2n) is 5.40. The Hall–Kier alpha value is -1.22. The molecular formula is C15H21ClO3. The van der Waals surface area contributed by atoms with Gasteiger partial charge in [0.15, 0.2) is 0 Å². The van der Waals surface area contributed by atoms with Crippen molar-refractivity contribution in [3.05, 3.63) is 28.8 Å². The van der Waals surface area contributed by atoms with E-state index in [-0.39, 0.29) is 0 Å². The van der Waals surface area contributed by atoms with Gasteiger partial charge in [0.2, 0.25) is 0 Å². The van der Waals surface area contributed by atoms with Crippen LogP contribution in [0.1, 0.15) is 38.7 Å². The van der Waals surface area contributed by atoms with Crippen LogP contribution >= 0.6 is 11.6 Å². The molecule has 0 unspecified atom stereocenters. The first-order valence-electron chi connectivity index (χ1n) is 6.45. The molecule has 0 aromatic heterocycles. The highest BCUT2D eigenvalue weighted by atomic mass is 35.5. The lowest BCUT2D eigenvalue weighted by Gasteiger charge is -2.18. The minimum atomic E-state index is -0.748. The van der Waals surface area contributed by atoms with Crippen LogP contribution in [0, 0.1) is 12.3 Å². The maximum Gasteiger partial charge on any atom is 0.309 e. The molecule has 0 fully saturated rings. The summed E-state index contributed by atoms with van der Waals surface area (Å²) >= 11 is 5.87. The number of unbranched alkanes of at least 4 members (excludes halogenated alkanes) is 1.